The molecule has 2 unspecified atom stereocenters. The number of allylic oxidation sites excluding steroid dienone is 4. The average Bonchev–Trinajstić information content (AvgIpc) is 3.78. The van der Waals surface area contributed by atoms with Crippen molar-refractivity contribution in [1.29, 1.82) is 0 Å². The molecule has 1 heterocycles. The molecule has 1 aliphatic heterocycles. The molecule has 1 fully saturated rings. The molecule has 2 nitrogen and oxygen atoms in total. The van der Waals surface area contributed by atoms with E-state index < -0.39 is 0 Å². The van der Waals surface area contributed by atoms with E-state index in [2.05, 4.69) is 38.2 Å². The second-order valence-corrected chi connectivity index (χ2v) is 12.4. The minimum absolute atomic E-state index is 0.0350. The molecule has 0 amide bonds. The Balaban J connectivity index is 0.000000741. The number of epoxide rings is 1. The fourth-order valence-electron chi connectivity index (χ4n) is 4.85. The van der Waals surface area contributed by atoms with E-state index in [1.165, 1.54) is 154 Å². The van der Waals surface area contributed by atoms with Crippen molar-refractivity contribution >= 4 is 11.6 Å². The lowest BCUT2D eigenvalue weighted by Crippen LogP contribution is -2.03. The fraction of sp³-hybridized carbons (Fsp3) is 0.889. The predicted molar refractivity (Wildman–Crippen MR) is 176 cm³/mol. The zero-order chi connectivity index (χ0) is 28.5. The molecule has 0 aromatic carbocycles. The molecule has 0 bridgehead atoms. The van der Waals surface area contributed by atoms with E-state index in [0.29, 0.717) is 6.10 Å². The van der Waals surface area contributed by atoms with Crippen molar-refractivity contribution in [3.63, 3.8) is 0 Å². The first-order valence-corrected chi connectivity index (χ1v) is 17.8. The first kappa shape index (κ1) is 38.7. The van der Waals surface area contributed by atoms with Gasteiger partial charge in [0.2, 0.25) is 0 Å². The summed E-state index contributed by atoms with van der Waals surface area (Å²) in [5, 5.41) is 8.76. The monoisotopic (exact) mass is 568 g/mol. The highest BCUT2D eigenvalue weighted by atomic mass is 35.5. The average molecular weight is 569 g/mol. The van der Waals surface area contributed by atoms with Crippen molar-refractivity contribution in [3.8, 4) is 0 Å². The third-order valence-corrected chi connectivity index (χ3v) is 8.02. The Morgan fingerprint density at radius 2 is 0.949 bits per heavy atom. The zero-order valence-corrected chi connectivity index (χ0v) is 27.3. The van der Waals surface area contributed by atoms with Gasteiger partial charge in [-0.05, 0) is 64.2 Å². The molecule has 1 saturated heterocycles. The Bertz CT molecular complexity index is 500. The lowest BCUT2D eigenvalue weighted by Gasteiger charge is -2.04. The number of hydrogen-bond donors (Lipinski definition) is 1. The molecule has 0 saturated carbocycles. The fourth-order valence-corrected chi connectivity index (χ4v) is 5.01. The molecule has 0 aliphatic carbocycles. The summed E-state index contributed by atoms with van der Waals surface area (Å²) in [6.45, 7) is 5.69. The maximum Gasteiger partial charge on any atom is 0.0810 e. The predicted octanol–water partition coefficient (Wildman–Crippen LogP) is 12.3. The number of aliphatic hydroxyl groups is 1. The first-order valence-electron chi connectivity index (χ1n) is 17.4. The number of halogens is 1. The molecular formula is C36H69ClO2. The highest BCUT2D eigenvalue weighted by Crippen LogP contribution is 2.18. The highest BCUT2D eigenvalue weighted by Gasteiger charge is 2.20. The van der Waals surface area contributed by atoms with Crippen LogP contribution in [-0.4, -0.2) is 29.8 Å². The van der Waals surface area contributed by atoms with Gasteiger partial charge < -0.3 is 9.84 Å². The molecule has 3 heteroatoms. The molecule has 2 atom stereocenters. The van der Waals surface area contributed by atoms with Crippen molar-refractivity contribution in [2.75, 3.05) is 13.2 Å². The Hall–Kier alpha value is -0.310. The topological polar surface area (TPSA) is 32.8 Å². The summed E-state index contributed by atoms with van der Waals surface area (Å²) in [4.78, 5) is 0. The van der Waals surface area contributed by atoms with E-state index >= 15 is 0 Å². The summed E-state index contributed by atoms with van der Waals surface area (Å²) < 4.78 is 5.21. The number of alkyl halides is 1. The van der Waals surface area contributed by atoms with Crippen LogP contribution in [0.15, 0.2) is 24.3 Å². The Morgan fingerprint density at radius 1 is 0.590 bits per heavy atom. The van der Waals surface area contributed by atoms with Crippen LogP contribution in [-0.2, 0) is 4.74 Å². The molecule has 1 N–H and O–H groups in total. The number of hydrogen-bond acceptors (Lipinski definition) is 2. The smallest absolute Gasteiger partial charge is 0.0810 e. The highest BCUT2D eigenvalue weighted by molar-refractivity contribution is 6.20. The van der Waals surface area contributed by atoms with E-state index in [0.717, 1.165) is 19.4 Å². The molecular weight excluding hydrogens is 500 g/mol. The van der Waals surface area contributed by atoms with Crippen molar-refractivity contribution < 1.29 is 9.84 Å². The number of ether oxygens (including phenoxy) is 1. The number of unbranched alkanes of at least 4 members (excludes halogenated alkanes) is 20. The Kier molecular flexibility index (Phi) is 33.6. The Morgan fingerprint density at radius 3 is 1.33 bits per heavy atom. The van der Waals surface area contributed by atoms with Gasteiger partial charge in [-0.3, -0.25) is 0 Å². The number of rotatable bonds is 29. The lowest BCUT2D eigenvalue weighted by molar-refractivity contribution is 0.286. The van der Waals surface area contributed by atoms with Gasteiger partial charge in [-0.15, -0.1) is 11.6 Å². The molecule has 1 rings (SSSR count). The largest absolute Gasteiger partial charge is 0.395 e. The van der Waals surface area contributed by atoms with Crippen molar-refractivity contribution in [2.24, 2.45) is 0 Å². The van der Waals surface area contributed by atoms with Crippen LogP contribution in [0, 0.1) is 0 Å². The standard InChI is InChI=1S/C18H35ClO.C18H34O/c1-2-3-4-5-6-7-8-9-10-11-12-13-14-15-16-18(19)17-20;1-2-3-4-5-6-7-8-9-10-11-12-13-14-15-16-18-17-19-18/h9-10,18,20H,2-8,11-17H2,1H3;9-10,18H,2-8,11-17H2,1H3/b2*10-9-. The van der Waals surface area contributed by atoms with Crippen LogP contribution in [0.25, 0.3) is 0 Å². The van der Waals surface area contributed by atoms with Crippen molar-refractivity contribution in [1.82, 2.24) is 0 Å². The molecule has 0 aromatic heterocycles. The van der Waals surface area contributed by atoms with E-state index in [9.17, 15) is 0 Å². The van der Waals surface area contributed by atoms with Crippen LogP contribution < -0.4 is 0 Å². The number of aliphatic hydroxyl groups excluding tert-OH is 1. The second-order valence-electron chi connectivity index (χ2n) is 11.8. The van der Waals surface area contributed by atoms with Gasteiger partial charge in [0.1, 0.15) is 0 Å². The van der Waals surface area contributed by atoms with E-state index in [-0.39, 0.29) is 12.0 Å². The zero-order valence-electron chi connectivity index (χ0n) is 26.5. The maximum absolute atomic E-state index is 8.80. The third kappa shape index (κ3) is 35.7. The van der Waals surface area contributed by atoms with Gasteiger partial charge in [0.25, 0.3) is 0 Å². The molecule has 0 spiro atoms. The Labute approximate surface area is 250 Å². The lowest BCUT2D eigenvalue weighted by atomic mass is 10.1. The van der Waals surface area contributed by atoms with Crippen LogP contribution in [0.3, 0.4) is 0 Å². The van der Waals surface area contributed by atoms with E-state index in [1.807, 2.05) is 0 Å². The normalized spacial score (nSPS) is 15.6. The minimum atomic E-state index is -0.0350. The van der Waals surface area contributed by atoms with E-state index in [1.54, 1.807) is 0 Å². The van der Waals surface area contributed by atoms with Gasteiger partial charge in [-0.2, -0.15) is 0 Å². The summed E-state index contributed by atoms with van der Waals surface area (Å²) >= 11 is 5.86. The summed E-state index contributed by atoms with van der Waals surface area (Å²) in [5.41, 5.74) is 0. The van der Waals surface area contributed by atoms with Gasteiger partial charge in [0, 0.05) is 0 Å². The van der Waals surface area contributed by atoms with Crippen LogP contribution in [0.4, 0.5) is 0 Å². The minimum Gasteiger partial charge on any atom is -0.395 e. The van der Waals surface area contributed by atoms with Crippen LogP contribution in [0.2, 0.25) is 0 Å². The van der Waals surface area contributed by atoms with Crippen LogP contribution in [0.1, 0.15) is 181 Å². The summed E-state index contributed by atoms with van der Waals surface area (Å²) in [7, 11) is 0. The van der Waals surface area contributed by atoms with Crippen molar-refractivity contribution in [2.45, 2.75) is 192 Å². The van der Waals surface area contributed by atoms with Crippen LogP contribution in [0.5, 0.6) is 0 Å². The SMILES string of the molecule is CCCCCCCC/C=C\CCCCCCC(Cl)CO.CCCCCCCC/C=C\CCCCCCC1CO1. The molecule has 39 heavy (non-hydrogen) atoms. The van der Waals surface area contributed by atoms with Crippen LogP contribution >= 0.6 is 11.6 Å². The maximum atomic E-state index is 8.80. The summed E-state index contributed by atoms with van der Waals surface area (Å²) in [6, 6.07) is 0. The van der Waals surface area contributed by atoms with E-state index in [4.69, 9.17) is 21.4 Å². The van der Waals surface area contributed by atoms with Gasteiger partial charge in [-0.25, -0.2) is 0 Å². The quantitative estimate of drug-likeness (QED) is 0.0421. The summed E-state index contributed by atoms with van der Waals surface area (Å²) in [5.74, 6) is 0. The van der Waals surface area contributed by atoms with Gasteiger partial charge in [0.15, 0.2) is 0 Å². The molecule has 0 aromatic rings. The summed E-state index contributed by atoms with van der Waals surface area (Å²) in [6.07, 6.45) is 44.8. The third-order valence-electron chi connectivity index (χ3n) is 7.67. The van der Waals surface area contributed by atoms with Gasteiger partial charge in [0.05, 0.1) is 24.7 Å². The first-order chi connectivity index (χ1) is 19.2. The molecule has 232 valence electrons. The molecule has 1 aliphatic rings. The van der Waals surface area contributed by atoms with Crippen molar-refractivity contribution in [3.05, 3.63) is 24.3 Å². The second kappa shape index (κ2) is 33.9. The van der Waals surface area contributed by atoms with Gasteiger partial charge >= 0.3 is 0 Å². The molecule has 0 radical (unpaired) electrons. The van der Waals surface area contributed by atoms with Gasteiger partial charge in [-0.1, -0.05) is 141 Å².